The lowest BCUT2D eigenvalue weighted by molar-refractivity contribution is -0.129. The molecule has 2 aromatic carbocycles. The molecule has 5 rings (SSSR count). The molecule has 0 radical (unpaired) electrons. The van der Waals surface area contributed by atoms with Crippen molar-refractivity contribution in [2.24, 2.45) is 17.3 Å². The van der Waals surface area contributed by atoms with E-state index < -0.39 is 0 Å². The molecule has 0 amide bonds. The lowest BCUT2D eigenvalue weighted by atomic mass is 9.55. The zero-order valence-corrected chi connectivity index (χ0v) is 15.7. The van der Waals surface area contributed by atoms with E-state index in [1.54, 1.807) is 11.1 Å². The molecule has 0 unspecified atom stereocenters. The van der Waals surface area contributed by atoms with Crippen LogP contribution in [0.25, 0.3) is 0 Å². The van der Waals surface area contributed by atoms with Gasteiger partial charge >= 0.3 is 0 Å². The second-order valence-corrected chi connectivity index (χ2v) is 9.03. The number of Topliss-reactive ketones (excluding diaryl/α,β-unsaturated/α-hetero) is 1. The van der Waals surface area contributed by atoms with Crippen molar-refractivity contribution in [2.45, 2.75) is 57.8 Å². The second-order valence-electron chi connectivity index (χ2n) is 9.03. The van der Waals surface area contributed by atoms with Crippen LogP contribution >= 0.6 is 0 Å². The Kier molecular flexibility index (Phi) is 3.81. The fourth-order valence-electron chi connectivity index (χ4n) is 6.35. The Labute approximate surface area is 156 Å². The number of carbonyl (C=O) groups is 1. The van der Waals surface area contributed by atoms with Gasteiger partial charge in [-0.1, -0.05) is 55.5 Å². The van der Waals surface area contributed by atoms with Crippen molar-refractivity contribution in [2.75, 3.05) is 0 Å². The number of ketones is 1. The minimum Gasteiger partial charge on any atom is -0.299 e. The minimum atomic E-state index is -0.00802. The molecule has 0 aromatic heterocycles. The van der Waals surface area contributed by atoms with Gasteiger partial charge in [0.15, 0.2) is 0 Å². The summed E-state index contributed by atoms with van der Waals surface area (Å²) in [5.74, 6) is 2.59. The molecule has 4 atom stereocenters. The van der Waals surface area contributed by atoms with Crippen LogP contribution in [0.2, 0.25) is 0 Å². The standard InChI is InChI=1S/C25H28O/c1-25-14-13-21-20-9-7-18(15-17-5-3-2-4-6-17)16-19(20)8-10-22(21)23(25)11-12-24(25)26/h2-7,9,16,21-23H,8,10-15H2,1H3/t21-,22-,23+,25+/m1/s1. The van der Waals surface area contributed by atoms with Gasteiger partial charge in [0.1, 0.15) is 5.78 Å². The molecule has 2 aromatic rings. The first-order valence-electron chi connectivity index (χ1n) is 10.3. The van der Waals surface area contributed by atoms with Gasteiger partial charge in [0.05, 0.1) is 0 Å². The van der Waals surface area contributed by atoms with E-state index in [0.717, 1.165) is 31.6 Å². The lowest BCUT2D eigenvalue weighted by Crippen LogP contribution is -2.42. The molecule has 3 aliphatic rings. The molecule has 26 heavy (non-hydrogen) atoms. The van der Waals surface area contributed by atoms with Crippen LogP contribution in [0.3, 0.4) is 0 Å². The number of rotatable bonds is 2. The predicted molar refractivity (Wildman–Crippen MR) is 105 cm³/mol. The Bertz CT molecular complexity index is 836. The molecule has 0 N–H and O–H groups in total. The van der Waals surface area contributed by atoms with Crippen molar-refractivity contribution >= 4 is 5.78 Å². The largest absolute Gasteiger partial charge is 0.299 e. The van der Waals surface area contributed by atoms with Crippen molar-refractivity contribution in [3.63, 3.8) is 0 Å². The molecular weight excluding hydrogens is 316 g/mol. The zero-order valence-electron chi connectivity index (χ0n) is 15.7. The molecule has 1 heteroatoms. The summed E-state index contributed by atoms with van der Waals surface area (Å²) in [6, 6.07) is 18.0. The molecule has 1 nitrogen and oxygen atoms in total. The van der Waals surface area contributed by atoms with E-state index in [9.17, 15) is 4.79 Å². The SMILES string of the molecule is C[C@]12CC[C@@H]3c4ccc(Cc5ccccc5)cc4CC[C@H]3[C@@H]1CCC2=O. The van der Waals surface area contributed by atoms with Gasteiger partial charge in [0.2, 0.25) is 0 Å². The van der Waals surface area contributed by atoms with Crippen molar-refractivity contribution in [3.8, 4) is 0 Å². The van der Waals surface area contributed by atoms with Gasteiger partial charge in [0.25, 0.3) is 0 Å². The van der Waals surface area contributed by atoms with E-state index in [1.807, 2.05) is 0 Å². The van der Waals surface area contributed by atoms with Crippen LogP contribution < -0.4 is 0 Å². The van der Waals surface area contributed by atoms with Crippen LogP contribution in [0.15, 0.2) is 48.5 Å². The summed E-state index contributed by atoms with van der Waals surface area (Å²) in [5, 5.41) is 0. The third kappa shape index (κ3) is 2.47. The molecule has 3 aliphatic carbocycles. The summed E-state index contributed by atoms with van der Waals surface area (Å²) in [6.07, 6.45) is 7.76. The highest BCUT2D eigenvalue weighted by molar-refractivity contribution is 5.87. The molecule has 2 saturated carbocycles. The van der Waals surface area contributed by atoms with Gasteiger partial charge in [-0.2, -0.15) is 0 Å². The first kappa shape index (κ1) is 16.3. The summed E-state index contributed by atoms with van der Waals surface area (Å²) >= 11 is 0. The predicted octanol–water partition coefficient (Wildman–Crippen LogP) is 5.70. The number of fused-ring (bicyclic) bond motifs is 5. The number of hydrogen-bond donors (Lipinski definition) is 0. The number of benzene rings is 2. The maximum Gasteiger partial charge on any atom is 0.139 e. The molecule has 0 aliphatic heterocycles. The third-order valence-electron chi connectivity index (χ3n) is 7.75. The molecule has 0 spiro atoms. The Morgan fingerprint density at radius 1 is 0.962 bits per heavy atom. The number of carbonyl (C=O) groups excluding carboxylic acids is 1. The first-order valence-corrected chi connectivity index (χ1v) is 10.3. The van der Waals surface area contributed by atoms with Gasteiger partial charge in [-0.3, -0.25) is 4.79 Å². The molecule has 0 bridgehead atoms. The van der Waals surface area contributed by atoms with Crippen molar-refractivity contribution in [1.29, 1.82) is 0 Å². The quantitative estimate of drug-likeness (QED) is 0.682. The topological polar surface area (TPSA) is 17.1 Å². The van der Waals surface area contributed by atoms with E-state index in [1.165, 1.54) is 30.4 Å². The van der Waals surface area contributed by atoms with Crippen LogP contribution in [-0.4, -0.2) is 5.78 Å². The second kappa shape index (κ2) is 6.08. The van der Waals surface area contributed by atoms with Gasteiger partial charge in [-0.25, -0.2) is 0 Å². The summed E-state index contributed by atoms with van der Waals surface area (Å²) in [7, 11) is 0. The molecule has 0 heterocycles. The minimum absolute atomic E-state index is 0.00802. The van der Waals surface area contributed by atoms with Crippen molar-refractivity contribution < 1.29 is 4.79 Å². The highest BCUT2D eigenvalue weighted by atomic mass is 16.1. The van der Waals surface area contributed by atoms with Crippen LogP contribution in [-0.2, 0) is 17.6 Å². The van der Waals surface area contributed by atoms with Crippen LogP contribution in [0.5, 0.6) is 0 Å². The highest BCUT2D eigenvalue weighted by Crippen LogP contribution is 2.59. The van der Waals surface area contributed by atoms with Crippen molar-refractivity contribution in [3.05, 3.63) is 70.8 Å². The van der Waals surface area contributed by atoms with E-state index in [4.69, 9.17) is 0 Å². The Morgan fingerprint density at radius 2 is 1.81 bits per heavy atom. The maximum atomic E-state index is 12.5. The number of hydrogen-bond acceptors (Lipinski definition) is 1. The molecular formula is C25H28O. The summed E-state index contributed by atoms with van der Waals surface area (Å²) < 4.78 is 0. The summed E-state index contributed by atoms with van der Waals surface area (Å²) in [5.41, 5.74) is 5.99. The molecule has 0 saturated heterocycles. The van der Waals surface area contributed by atoms with Gasteiger partial charge < -0.3 is 0 Å². The fourth-order valence-corrected chi connectivity index (χ4v) is 6.35. The zero-order chi connectivity index (χ0) is 17.7. The Morgan fingerprint density at radius 3 is 2.65 bits per heavy atom. The average Bonchev–Trinajstić information content (AvgIpc) is 2.97. The maximum absolute atomic E-state index is 12.5. The average molecular weight is 344 g/mol. The lowest BCUT2D eigenvalue weighted by Gasteiger charge is -2.48. The van der Waals surface area contributed by atoms with E-state index in [2.05, 4.69) is 55.5 Å². The fraction of sp³-hybridized carbons (Fsp3) is 0.480. The molecule has 134 valence electrons. The Balaban J connectivity index is 1.42. The third-order valence-corrected chi connectivity index (χ3v) is 7.75. The van der Waals surface area contributed by atoms with Gasteiger partial charge in [-0.05, 0) is 78.5 Å². The van der Waals surface area contributed by atoms with Crippen molar-refractivity contribution in [1.82, 2.24) is 0 Å². The highest BCUT2D eigenvalue weighted by Gasteiger charge is 2.54. The van der Waals surface area contributed by atoms with E-state index >= 15 is 0 Å². The van der Waals surface area contributed by atoms with E-state index in [-0.39, 0.29) is 5.41 Å². The normalized spacial score (nSPS) is 32.7. The Hall–Kier alpha value is -1.89. The van der Waals surface area contributed by atoms with Crippen LogP contribution in [0.4, 0.5) is 0 Å². The van der Waals surface area contributed by atoms with Crippen LogP contribution in [0, 0.1) is 17.3 Å². The number of aryl methyl sites for hydroxylation is 1. The van der Waals surface area contributed by atoms with Gasteiger partial charge in [0, 0.05) is 11.8 Å². The first-order chi connectivity index (χ1) is 12.6. The summed E-state index contributed by atoms with van der Waals surface area (Å²) in [6.45, 7) is 2.27. The molecule has 2 fully saturated rings. The van der Waals surface area contributed by atoms with Crippen LogP contribution in [0.1, 0.15) is 67.2 Å². The smallest absolute Gasteiger partial charge is 0.139 e. The van der Waals surface area contributed by atoms with E-state index in [0.29, 0.717) is 17.6 Å². The van der Waals surface area contributed by atoms with Gasteiger partial charge in [-0.15, -0.1) is 0 Å². The summed E-state index contributed by atoms with van der Waals surface area (Å²) in [4.78, 5) is 12.5. The monoisotopic (exact) mass is 344 g/mol.